The minimum Gasteiger partial charge on any atom is -0.368 e. The zero-order valence-corrected chi connectivity index (χ0v) is 10.1. The zero-order valence-electron chi connectivity index (χ0n) is 7.66. The lowest BCUT2D eigenvalue weighted by Crippen LogP contribution is -2.22. The maximum absolute atomic E-state index is 10.6. The van der Waals surface area contributed by atoms with Crippen LogP contribution < -0.4 is 11.1 Å². The van der Waals surface area contributed by atoms with Crippen LogP contribution in [-0.2, 0) is 4.79 Å². The maximum Gasteiger partial charge on any atom is 0.236 e. The smallest absolute Gasteiger partial charge is 0.236 e. The van der Waals surface area contributed by atoms with Crippen molar-refractivity contribution in [2.45, 2.75) is 0 Å². The number of carbonyl (C=O) groups excluding carboxylic acids is 1. The second-order valence-electron chi connectivity index (χ2n) is 2.94. The number of fused-ring (bicyclic) bond motifs is 1. The van der Waals surface area contributed by atoms with E-state index in [1.165, 1.54) is 0 Å². The van der Waals surface area contributed by atoms with Crippen molar-refractivity contribution in [1.29, 1.82) is 0 Å². The molecule has 0 atom stereocenters. The largest absolute Gasteiger partial charge is 0.368 e. The van der Waals surface area contributed by atoms with Gasteiger partial charge in [0.25, 0.3) is 0 Å². The van der Waals surface area contributed by atoms with Crippen molar-refractivity contribution >= 4 is 49.1 Å². The van der Waals surface area contributed by atoms with Crippen molar-refractivity contribution in [2.24, 2.45) is 5.73 Å². The molecule has 1 amide bonds. The number of anilines is 1. The molecule has 78 valence electrons. The number of nitrogens with one attached hydrogen (secondary N) is 1. The molecule has 2 rings (SSSR count). The molecule has 0 saturated heterocycles. The number of hydrogen-bond donors (Lipinski definition) is 2. The summed E-state index contributed by atoms with van der Waals surface area (Å²) in [6.07, 6.45) is 1.71. The van der Waals surface area contributed by atoms with Crippen LogP contribution in [0.1, 0.15) is 0 Å². The molecule has 0 saturated carbocycles. The third-order valence-electron chi connectivity index (χ3n) is 1.87. The molecule has 0 aliphatic carbocycles. The van der Waals surface area contributed by atoms with E-state index < -0.39 is 5.91 Å². The highest BCUT2D eigenvalue weighted by Crippen LogP contribution is 2.32. The fraction of sp³-hybridized carbons (Fsp3) is 0.111. The first-order chi connectivity index (χ1) is 7.18. The number of hydrogen-bond acceptors (Lipinski definition) is 4. The quantitative estimate of drug-likeness (QED) is 0.906. The zero-order chi connectivity index (χ0) is 10.8. The van der Waals surface area contributed by atoms with Gasteiger partial charge in [-0.05, 0) is 27.4 Å². The van der Waals surface area contributed by atoms with Crippen molar-refractivity contribution in [3.8, 4) is 0 Å². The standard InChI is InChI=1S/C9H8BrN3OS/c10-6-3-12-9(13-4-7(11)14)8-5(6)1-2-15-8/h1-3H,4H2,(H2,11,14)(H,12,13). The van der Waals surface area contributed by atoms with Crippen LogP contribution in [0.4, 0.5) is 5.82 Å². The maximum atomic E-state index is 10.6. The third kappa shape index (κ3) is 2.10. The number of nitrogens with zero attached hydrogens (tertiary/aromatic N) is 1. The van der Waals surface area contributed by atoms with E-state index in [2.05, 4.69) is 26.2 Å². The van der Waals surface area contributed by atoms with Crippen molar-refractivity contribution in [2.75, 3.05) is 11.9 Å². The Kier molecular flexibility index (Phi) is 2.88. The molecule has 0 bridgehead atoms. The highest BCUT2D eigenvalue weighted by atomic mass is 79.9. The Hall–Kier alpha value is -1.14. The number of nitrogens with two attached hydrogens (primary N) is 1. The number of aromatic nitrogens is 1. The van der Waals surface area contributed by atoms with Crippen LogP contribution in [0, 0.1) is 0 Å². The normalized spacial score (nSPS) is 10.5. The molecule has 0 aliphatic heterocycles. The first-order valence-electron chi connectivity index (χ1n) is 4.22. The van der Waals surface area contributed by atoms with Crippen molar-refractivity contribution in [3.05, 3.63) is 22.1 Å². The van der Waals surface area contributed by atoms with E-state index in [-0.39, 0.29) is 6.54 Å². The molecule has 0 aliphatic rings. The summed E-state index contributed by atoms with van der Waals surface area (Å²) in [4.78, 5) is 14.8. The Morgan fingerprint density at radius 1 is 1.67 bits per heavy atom. The van der Waals surface area contributed by atoms with Gasteiger partial charge >= 0.3 is 0 Å². The lowest BCUT2D eigenvalue weighted by atomic mass is 10.3. The van der Waals surface area contributed by atoms with E-state index in [1.54, 1.807) is 17.5 Å². The topological polar surface area (TPSA) is 68.0 Å². The van der Waals surface area contributed by atoms with Gasteiger partial charge in [-0.25, -0.2) is 4.98 Å². The van der Waals surface area contributed by atoms with Crippen molar-refractivity contribution < 1.29 is 4.79 Å². The lowest BCUT2D eigenvalue weighted by Gasteiger charge is -2.04. The second kappa shape index (κ2) is 4.16. The Morgan fingerprint density at radius 3 is 3.20 bits per heavy atom. The van der Waals surface area contributed by atoms with Crippen LogP contribution >= 0.6 is 27.3 Å². The molecule has 0 radical (unpaired) electrons. The summed E-state index contributed by atoms with van der Waals surface area (Å²) in [7, 11) is 0. The molecule has 2 heterocycles. The SMILES string of the molecule is NC(=O)CNc1ncc(Br)c2ccsc12. The van der Waals surface area contributed by atoms with Gasteiger partial charge in [-0.1, -0.05) is 0 Å². The van der Waals surface area contributed by atoms with Gasteiger partial charge in [-0.15, -0.1) is 11.3 Å². The number of pyridine rings is 1. The predicted octanol–water partition coefficient (Wildman–Crippen LogP) is 1.96. The lowest BCUT2D eigenvalue weighted by molar-refractivity contribution is -0.116. The van der Waals surface area contributed by atoms with Gasteiger partial charge in [0, 0.05) is 16.1 Å². The molecule has 0 fully saturated rings. The molecular weight excluding hydrogens is 278 g/mol. The summed E-state index contributed by atoms with van der Waals surface area (Å²) in [6.45, 7) is 0.0988. The molecular formula is C9H8BrN3OS. The fourth-order valence-corrected chi connectivity index (χ4v) is 2.67. The average Bonchev–Trinajstić information content (AvgIpc) is 2.66. The van der Waals surface area contributed by atoms with Gasteiger partial charge in [0.1, 0.15) is 5.82 Å². The molecule has 0 spiro atoms. The van der Waals surface area contributed by atoms with Gasteiger partial charge in [-0.3, -0.25) is 4.79 Å². The van der Waals surface area contributed by atoms with Gasteiger partial charge in [0.05, 0.1) is 11.2 Å². The fourth-order valence-electron chi connectivity index (χ4n) is 1.23. The van der Waals surface area contributed by atoms with Crippen LogP contribution in [0.5, 0.6) is 0 Å². The summed E-state index contributed by atoms with van der Waals surface area (Å²) in [5.41, 5.74) is 5.05. The van der Waals surface area contributed by atoms with E-state index in [0.29, 0.717) is 5.82 Å². The van der Waals surface area contributed by atoms with E-state index in [9.17, 15) is 4.79 Å². The Bertz CT molecular complexity index is 511. The van der Waals surface area contributed by atoms with Crippen LogP contribution in [0.2, 0.25) is 0 Å². The number of thiophene rings is 1. The van der Waals surface area contributed by atoms with E-state index in [4.69, 9.17) is 5.73 Å². The second-order valence-corrected chi connectivity index (χ2v) is 4.71. The van der Waals surface area contributed by atoms with Crippen molar-refractivity contribution in [1.82, 2.24) is 4.98 Å². The first kappa shape index (κ1) is 10.4. The van der Waals surface area contributed by atoms with E-state index >= 15 is 0 Å². The number of primary amides is 1. The summed E-state index contributed by atoms with van der Waals surface area (Å²) in [6, 6.07) is 2.00. The number of rotatable bonds is 3. The average molecular weight is 286 g/mol. The summed E-state index contributed by atoms with van der Waals surface area (Å²) in [5, 5.41) is 5.97. The Balaban J connectivity index is 2.39. The summed E-state index contributed by atoms with van der Waals surface area (Å²) >= 11 is 4.99. The van der Waals surface area contributed by atoms with Gasteiger partial charge in [-0.2, -0.15) is 0 Å². The van der Waals surface area contributed by atoms with Crippen LogP contribution in [-0.4, -0.2) is 17.4 Å². The van der Waals surface area contributed by atoms with Gasteiger partial charge in [0.2, 0.25) is 5.91 Å². The van der Waals surface area contributed by atoms with Crippen LogP contribution in [0.15, 0.2) is 22.1 Å². The number of halogens is 1. The Labute approximate surface area is 98.6 Å². The van der Waals surface area contributed by atoms with Crippen LogP contribution in [0.3, 0.4) is 0 Å². The molecule has 15 heavy (non-hydrogen) atoms. The Morgan fingerprint density at radius 2 is 2.47 bits per heavy atom. The minimum absolute atomic E-state index is 0.0988. The monoisotopic (exact) mass is 285 g/mol. The number of amides is 1. The molecule has 6 heteroatoms. The third-order valence-corrected chi connectivity index (χ3v) is 3.43. The number of carbonyl (C=O) groups is 1. The van der Waals surface area contributed by atoms with Gasteiger partial charge < -0.3 is 11.1 Å². The molecule has 2 aromatic rings. The summed E-state index contributed by atoms with van der Waals surface area (Å²) in [5.74, 6) is 0.298. The van der Waals surface area contributed by atoms with E-state index in [1.807, 2.05) is 11.4 Å². The molecule has 3 N–H and O–H groups in total. The molecule has 0 aromatic carbocycles. The highest BCUT2D eigenvalue weighted by molar-refractivity contribution is 9.10. The van der Waals surface area contributed by atoms with E-state index in [0.717, 1.165) is 14.6 Å². The van der Waals surface area contributed by atoms with Crippen LogP contribution in [0.25, 0.3) is 10.1 Å². The molecule has 0 unspecified atom stereocenters. The van der Waals surface area contributed by atoms with Crippen molar-refractivity contribution in [3.63, 3.8) is 0 Å². The highest BCUT2D eigenvalue weighted by Gasteiger charge is 2.07. The molecule has 4 nitrogen and oxygen atoms in total. The molecule has 2 aromatic heterocycles. The first-order valence-corrected chi connectivity index (χ1v) is 5.89. The summed E-state index contributed by atoms with van der Waals surface area (Å²) < 4.78 is 1.97. The minimum atomic E-state index is -0.399. The van der Waals surface area contributed by atoms with Gasteiger partial charge in [0.15, 0.2) is 0 Å². The predicted molar refractivity (Wildman–Crippen MR) is 65.0 cm³/mol.